The topological polar surface area (TPSA) is 103 Å². The van der Waals surface area contributed by atoms with Gasteiger partial charge in [0.2, 0.25) is 5.91 Å². The molecule has 3 aromatic carbocycles. The molecule has 1 aliphatic rings. The fourth-order valence-electron chi connectivity index (χ4n) is 3.52. The first kappa shape index (κ1) is 20.0. The zero-order valence-electron chi connectivity index (χ0n) is 17.1. The molecule has 7 nitrogen and oxygen atoms in total. The van der Waals surface area contributed by atoms with Gasteiger partial charge in [0.05, 0.1) is 25.5 Å². The summed E-state index contributed by atoms with van der Waals surface area (Å²) in [6, 6.07) is 19.9. The Hall–Kier alpha value is -4.26. The number of anilines is 2. The number of benzene rings is 3. The number of hydrogen-bond acceptors (Lipinski definition) is 5. The van der Waals surface area contributed by atoms with Crippen molar-refractivity contribution in [2.24, 2.45) is 5.73 Å². The van der Waals surface area contributed by atoms with E-state index in [4.69, 9.17) is 15.2 Å². The van der Waals surface area contributed by atoms with Crippen LogP contribution < -0.4 is 25.8 Å². The molecule has 0 atom stereocenters. The van der Waals surface area contributed by atoms with Crippen molar-refractivity contribution in [2.45, 2.75) is 0 Å². The maximum absolute atomic E-state index is 13.0. The maximum atomic E-state index is 13.0. The summed E-state index contributed by atoms with van der Waals surface area (Å²) in [5.41, 5.74) is 9.57. The van der Waals surface area contributed by atoms with Crippen LogP contribution in [0.15, 0.2) is 66.7 Å². The minimum absolute atomic E-state index is 0.275. The van der Waals surface area contributed by atoms with Crippen LogP contribution in [0.4, 0.5) is 11.4 Å². The van der Waals surface area contributed by atoms with Crippen LogP contribution in [-0.2, 0) is 4.79 Å². The molecule has 0 saturated heterocycles. The molecule has 4 rings (SSSR count). The predicted octanol–water partition coefficient (Wildman–Crippen LogP) is 3.74. The second-order valence-electron chi connectivity index (χ2n) is 6.89. The molecule has 156 valence electrons. The SMILES string of the molecule is COc1ccc(N/C(=C2\C(=O)Nc3cc(C(N)=O)ccc32)c2ccccc2)cc1OC. The minimum Gasteiger partial charge on any atom is -0.493 e. The first-order valence-electron chi connectivity index (χ1n) is 9.56. The number of carbonyl (C=O) groups is 2. The summed E-state index contributed by atoms with van der Waals surface area (Å²) in [5.74, 6) is 0.335. The summed E-state index contributed by atoms with van der Waals surface area (Å²) < 4.78 is 10.7. The lowest BCUT2D eigenvalue weighted by Gasteiger charge is -2.16. The second kappa shape index (κ2) is 8.23. The zero-order chi connectivity index (χ0) is 22.0. The van der Waals surface area contributed by atoms with E-state index in [1.807, 2.05) is 36.4 Å². The molecule has 4 N–H and O–H groups in total. The van der Waals surface area contributed by atoms with Gasteiger partial charge in [-0.3, -0.25) is 9.59 Å². The van der Waals surface area contributed by atoms with E-state index in [0.29, 0.717) is 39.6 Å². The van der Waals surface area contributed by atoms with Crippen LogP contribution in [0.1, 0.15) is 21.5 Å². The molecule has 0 spiro atoms. The first-order valence-corrected chi connectivity index (χ1v) is 9.56. The molecule has 0 unspecified atom stereocenters. The van der Waals surface area contributed by atoms with E-state index >= 15 is 0 Å². The van der Waals surface area contributed by atoms with Crippen molar-refractivity contribution in [3.63, 3.8) is 0 Å². The van der Waals surface area contributed by atoms with E-state index in [-0.39, 0.29) is 5.91 Å². The van der Waals surface area contributed by atoms with Crippen molar-refractivity contribution in [3.05, 3.63) is 83.4 Å². The number of fused-ring (bicyclic) bond motifs is 1. The van der Waals surface area contributed by atoms with Crippen molar-refractivity contribution in [1.82, 2.24) is 0 Å². The van der Waals surface area contributed by atoms with Gasteiger partial charge >= 0.3 is 0 Å². The van der Waals surface area contributed by atoms with Gasteiger partial charge in [-0.2, -0.15) is 0 Å². The zero-order valence-corrected chi connectivity index (χ0v) is 17.1. The van der Waals surface area contributed by atoms with Gasteiger partial charge in [0, 0.05) is 28.6 Å². The third kappa shape index (κ3) is 3.81. The quantitative estimate of drug-likeness (QED) is 0.532. The maximum Gasteiger partial charge on any atom is 0.258 e. The number of methoxy groups -OCH3 is 2. The Kier molecular flexibility index (Phi) is 5.32. The minimum atomic E-state index is -0.554. The molecule has 0 saturated carbocycles. The molecule has 1 heterocycles. The van der Waals surface area contributed by atoms with E-state index in [2.05, 4.69) is 10.6 Å². The summed E-state index contributed by atoms with van der Waals surface area (Å²) in [6.07, 6.45) is 0. The molecule has 1 aliphatic heterocycles. The lowest BCUT2D eigenvalue weighted by atomic mass is 9.99. The van der Waals surface area contributed by atoms with E-state index < -0.39 is 5.91 Å². The van der Waals surface area contributed by atoms with Crippen molar-refractivity contribution in [1.29, 1.82) is 0 Å². The van der Waals surface area contributed by atoms with Crippen LogP contribution in [-0.4, -0.2) is 26.0 Å². The number of nitrogens with two attached hydrogens (primary N) is 1. The third-order valence-electron chi connectivity index (χ3n) is 5.01. The molecule has 7 heteroatoms. The lowest BCUT2D eigenvalue weighted by Crippen LogP contribution is -2.11. The van der Waals surface area contributed by atoms with Crippen LogP contribution in [0.25, 0.3) is 11.3 Å². The van der Waals surface area contributed by atoms with Gasteiger partial charge in [-0.1, -0.05) is 36.4 Å². The van der Waals surface area contributed by atoms with E-state index in [0.717, 1.165) is 11.3 Å². The number of amides is 2. The molecule has 3 aromatic rings. The first-order chi connectivity index (χ1) is 15.0. The second-order valence-corrected chi connectivity index (χ2v) is 6.89. The molecule has 0 aromatic heterocycles. The Morgan fingerprint density at radius 3 is 2.32 bits per heavy atom. The highest BCUT2D eigenvalue weighted by Gasteiger charge is 2.29. The average molecular weight is 415 g/mol. The predicted molar refractivity (Wildman–Crippen MR) is 120 cm³/mol. The molecule has 0 bridgehead atoms. The Morgan fingerprint density at radius 2 is 1.65 bits per heavy atom. The Labute approximate surface area is 179 Å². The Balaban J connectivity index is 1.87. The van der Waals surface area contributed by atoms with Crippen molar-refractivity contribution in [3.8, 4) is 11.5 Å². The van der Waals surface area contributed by atoms with Crippen LogP contribution in [0.2, 0.25) is 0 Å². The summed E-state index contributed by atoms with van der Waals surface area (Å²) in [6.45, 7) is 0. The van der Waals surface area contributed by atoms with Crippen molar-refractivity contribution in [2.75, 3.05) is 24.9 Å². The van der Waals surface area contributed by atoms with Crippen molar-refractivity contribution < 1.29 is 19.1 Å². The number of hydrogen-bond donors (Lipinski definition) is 3. The molecule has 0 radical (unpaired) electrons. The molecule has 0 fully saturated rings. The fraction of sp³-hybridized carbons (Fsp3) is 0.0833. The fourth-order valence-corrected chi connectivity index (χ4v) is 3.52. The van der Waals surface area contributed by atoms with Crippen LogP contribution in [0.5, 0.6) is 11.5 Å². The summed E-state index contributed by atoms with van der Waals surface area (Å²) in [7, 11) is 3.14. The van der Waals surface area contributed by atoms with Crippen LogP contribution in [0.3, 0.4) is 0 Å². The number of primary amides is 1. The third-order valence-corrected chi connectivity index (χ3v) is 5.01. The monoisotopic (exact) mass is 415 g/mol. The summed E-state index contributed by atoms with van der Waals surface area (Å²) in [4.78, 5) is 24.5. The lowest BCUT2D eigenvalue weighted by molar-refractivity contribution is -0.110. The van der Waals surface area contributed by atoms with Crippen LogP contribution in [0, 0.1) is 0 Å². The summed E-state index contributed by atoms with van der Waals surface area (Å²) in [5, 5.41) is 6.19. The standard InChI is InChI=1S/C24H21N3O4/c1-30-19-11-9-16(13-20(19)31-2)26-22(14-6-4-3-5-7-14)21-17-10-8-15(23(25)28)12-18(17)27-24(21)29/h3-13,26H,1-2H3,(H2,25,28)(H,27,29)/b22-21-. The smallest absolute Gasteiger partial charge is 0.258 e. The van der Waals surface area contributed by atoms with Crippen molar-refractivity contribution >= 4 is 34.5 Å². The van der Waals surface area contributed by atoms with Gasteiger partial charge in [0.25, 0.3) is 5.91 Å². The highest BCUT2D eigenvalue weighted by molar-refractivity contribution is 6.37. The van der Waals surface area contributed by atoms with Gasteiger partial charge in [0.15, 0.2) is 11.5 Å². The molecule has 31 heavy (non-hydrogen) atoms. The molecular weight excluding hydrogens is 394 g/mol. The van der Waals surface area contributed by atoms with Crippen LogP contribution >= 0.6 is 0 Å². The Morgan fingerprint density at radius 1 is 0.903 bits per heavy atom. The van der Waals surface area contributed by atoms with Gasteiger partial charge in [0.1, 0.15) is 0 Å². The summed E-state index contributed by atoms with van der Waals surface area (Å²) >= 11 is 0. The van der Waals surface area contributed by atoms with Gasteiger partial charge < -0.3 is 25.8 Å². The van der Waals surface area contributed by atoms with E-state index in [1.54, 1.807) is 44.6 Å². The average Bonchev–Trinajstić information content (AvgIpc) is 3.12. The number of carbonyl (C=O) groups excluding carboxylic acids is 2. The van der Waals surface area contributed by atoms with Gasteiger partial charge in [-0.25, -0.2) is 0 Å². The van der Waals surface area contributed by atoms with Gasteiger partial charge in [-0.15, -0.1) is 0 Å². The van der Waals surface area contributed by atoms with E-state index in [1.165, 1.54) is 0 Å². The van der Waals surface area contributed by atoms with E-state index in [9.17, 15) is 9.59 Å². The molecule has 2 amide bonds. The molecular formula is C24H21N3O4. The highest BCUT2D eigenvalue weighted by atomic mass is 16.5. The normalized spacial score (nSPS) is 13.8. The van der Waals surface area contributed by atoms with Gasteiger partial charge in [-0.05, 0) is 29.8 Å². The Bertz CT molecular complexity index is 1200. The molecule has 0 aliphatic carbocycles. The highest BCUT2D eigenvalue weighted by Crippen LogP contribution is 2.39. The number of rotatable bonds is 6. The largest absolute Gasteiger partial charge is 0.493 e. The number of ether oxygens (including phenoxy) is 2. The number of nitrogens with one attached hydrogen (secondary N) is 2.